The van der Waals surface area contributed by atoms with Crippen molar-refractivity contribution in [1.29, 1.82) is 0 Å². The van der Waals surface area contributed by atoms with Gasteiger partial charge < -0.3 is 4.90 Å². The van der Waals surface area contributed by atoms with Gasteiger partial charge in [-0.1, -0.05) is 28.8 Å². The fourth-order valence-corrected chi connectivity index (χ4v) is 4.45. The number of halogens is 1. The molecule has 0 bridgehead atoms. The normalized spacial score (nSPS) is 40.9. The van der Waals surface area contributed by atoms with Crippen molar-refractivity contribution in [3.63, 3.8) is 0 Å². The minimum absolute atomic E-state index is 0.374. The van der Waals surface area contributed by atoms with Crippen LogP contribution in [-0.4, -0.2) is 28.7 Å². The Hall–Kier alpha value is -0.0500. The van der Waals surface area contributed by atoms with Gasteiger partial charge in [0.05, 0.1) is 0 Å². The van der Waals surface area contributed by atoms with Crippen molar-refractivity contribution >= 4 is 21.8 Å². The van der Waals surface area contributed by atoms with Gasteiger partial charge in [-0.15, -0.1) is 0 Å². The Balaban J connectivity index is 1.65. The molecule has 0 aromatic rings. The highest BCUT2D eigenvalue weighted by molar-refractivity contribution is 9.09. The predicted octanol–water partition coefficient (Wildman–Crippen LogP) is 3.20. The monoisotopic (exact) mass is 299 g/mol. The number of hydrogen-bond acceptors (Lipinski definition) is 1. The molecular weight excluding hydrogens is 278 g/mol. The first-order valence-corrected chi connectivity index (χ1v) is 8.28. The number of fused-ring (bicyclic) bond motifs is 1. The highest BCUT2D eigenvalue weighted by atomic mass is 79.9. The molecular formula is C14H22BrNO. The predicted molar refractivity (Wildman–Crippen MR) is 72.1 cm³/mol. The standard InChI is InChI=1S/C14H22BrNO/c15-9-13-4-2-1-3-5-16(13)14(17)12-7-10-6-11(10)8-12/h10-13H,1-9H2. The molecule has 1 heterocycles. The Kier molecular flexibility index (Phi) is 3.47. The first kappa shape index (κ1) is 12.0. The van der Waals surface area contributed by atoms with Crippen LogP contribution < -0.4 is 0 Å². The molecule has 3 fully saturated rings. The summed E-state index contributed by atoms with van der Waals surface area (Å²) in [6.07, 6.45) is 8.76. The van der Waals surface area contributed by atoms with Crippen molar-refractivity contribution in [2.24, 2.45) is 17.8 Å². The van der Waals surface area contributed by atoms with Crippen LogP contribution in [0.4, 0.5) is 0 Å². The molecule has 3 unspecified atom stereocenters. The second kappa shape index (κ2) is 4.91. The molecule has 1 amide bonds. The molecule has 0 N–H and O–H groups in total. The lowest BCUT2D eigenvalue weighted by atomic mass is 10.0. The van der Waals surface area contributed by atoms with Crippen LogP contribution in [0.5, 0.6) is 0 Å². The van der Waals surface area contributed by atoms with E-state index in [0.29, 0.717) is 17.9 Å². The van der Waals surface area contributed by atoms with Gasteiger partial charge in [0.15, 0.2) is 0 Å². The van der Waals surface area contributed by atoms with Gasteiger partial charge in [0.1, 0.15) is 0 Å². The molecule has 0 aromatic heterocycles. The van der Waals surface area contributed by atoms with E-state index in [1.54, 1.807) is 0 Å². The Morgan fingerprint density at radius 1 is 1.12 bits per heavy atom. The van der Waals surface area contributed by atoms with E-state index < -0.39 is 0 Å². The highest BCUT2D eigenvalue weighted by Gasteiger charge is 2.49. The minimum atomic E-state index is 0.374. The average Bonchev–Trinajstić information content (AvgIpc) is 3.04. The fraction of sp³-hybridized carbons (Fsp3) is 0.929. The SMILES string of the molecule is O=C(C1CC2CC2C1)N1CCCCCC1CBr. The molecule has 2 nitrogen and oxygen atoms in total. The first-order chi connectivity index (χ1) is 8.29. The van der Waals surface area contributed by atoms with Crippen molar-refractivity contribution in [1.82, 2.24) is 4.90 Å². The van der Waals surface area contributed by atoms with E-state index in [4.69, 9.17) is 0 Å². The molecule has 3 rings (SSSR count). The van der Waals surface area contributed by atoms with E-state index in [9.17, 15) is 4.79 Å². The Bertz CT molecular complexity index is 297. The summed E-state index contributed by atoms with van der Waals surface area (Å²) >= 11 is 3.59. The van der Waals surface area contributed by atoms with Crippen molar-refractivity contribution in [3.05, 3.63) is 0 Å². The fourth-order valence-electron chi connectivity index (χ4n) is 3.78. The molecule has 2 saturated carbocycles. The molecule has 17 heavy (non-hydrogen) atoms. The second-order valence-electron chi connectivity index (χ2n) is 6.11. The van der Waals surface area contributed by atoms with Crippen LogP contribution >= 0.6 is 15.9 Å². The molecule has 0 aromatic carbocycles. The molecule has 1 aliphatic heterocycles. The van der Waals surface area contributed by atoms with Crippen LogP contribution in [-0.2, 0) is 4.79 Å². The maximum absolute atomic E-state index is 12.6. The van der Waals surface area contributed by atoms with Crippen molar-refractivity contribution < 1.29 is 4.79 Å². The molecule has 0 radical (unpaired) electrons. The third kappa shape index (κ3) is 2.40. The topological polar surface area (TPSA) is 20.3 Å². The molecule has 0 spiro atoms. The summed E-state index contributed by atoms with van der Waals surface area (Å²) in [7, 11) is 0. The number of hydrogen-bond donors (Lipinski definition) is 0. The summed E-state index contributed by atoms with van der Waals surface area (Å²) in [6, 6.07) is 0.460. The molecule has 3 heteroatoms. The van der Waals surface area contributed by atoms with E-state index in [0.717, 1.165) is 23.7 Å². The van der Waals surface area contributed by atoms with Crippen LogP contribution in [0.15, 0.2) is 0 Å². The van der Waals surface area contributed by atoms with Gasteiger partial charge in [-0.3, -0.25) is 4.79 Å². The summed E-state index contributed by atoms with van der Waals surface area (Å²) in [4.78, 5) is 14.8. The highest BCUT2D eigenvalue weighted by Crippen LogP contribution is 2.54. The Morgan fingerprint density at radius 2 is 1.88 bits per heavy atom. The van der Waals surface area contributed by atoms with Gasteiger partial charge in [0.25, 0.3) is 0 Å². The van der Waals surface area contributed by atoms with E-state index in [1.807, 2.05) is 0 Å². The molecule has 2 aliphatic carbocycles. The number of likely N-dealkylation sites (tertiary alicyclic amines) is 1. The first-order valence-electron chi connectivity index (χ1n) is 7.16. The molecule has 1 saturated heterocycles. The zero-order valence-corrected chi connectivity index (χ0v) is 12.0. The van der Waals surface area contributed by atoms with E-state index in [-0.39, 0.29) is 0 Å². The number of carbonyl (C=O) groups excluding carboxylic acids is 1. The lowest BCUT2D eigenvalue weighted by Gasteiger charge is -2.31. The average molecular weight is 300 g/mol. The van der Waals surface area contributed by atoms with Crippen LogP contribution in [0.3, 0.4) is 0 Å². The number of nitrogens with zero attached hydrogens (tertiary/aromatic N) is 1. The van der Waals surface area contributed by atoms with Gasteiger partial charge in [-0.05, 0) is 43.9 Å². The summed E-state index contributed by atoms with van der Waals surface area (Å²) < 4.78 is 0. The van der Waals surface area contributed by atoms with E-state index >= 15 is 0 Å². The summed E-state index contributed by atoms with van der Waals surface area (Å²) in [5.41, 5.74) is 0. The third-order valence-electron chi connectivity index (χ3n) is 4.93. The van der Waals surface area contributed by atoms with Crippen molar-refractivity contribution in [2.75, 3.05) is 11.9 Å². The lowest BCUT2D eigenvalue weighted by Crippen LogP contribution is -2.44. The maximum atomic E-state index is 12.6. The van der Waals surface area contributed by atoms with Crippen LogP contribution in [0.25, 0.3) is 0 Å². The van der Waals surface area contributed by atoms with Gasteiger partial charge in [-0.25, -0.2) is 0 Å². The second-order valence-corrected chi connectivity index (χ2v) is 6.76. The summed E-state index contributed by atoms with van der Waals surface area (Å²) in [5, 5.41) is 0.957. The zero-order chi connectivity index (χ0) is 11.8. The lowest BCUT2D eigenvalue weighted by molar-refractivity contribution is -0.137. The largest absolute Gasteiger partial charge is 0.339 e. The molecule has 3 aliphatic rings. The smallest absolute Gasteiger partial charge is 0.225 e. The van der Waals surface area contributed by atoms with Crippen LogP contribution in [0.1, 0.15) is 44.9 Å². The Labute approximate surface area is 112 Å². The third-order valence-corrected chi connectivity index (χ3v) is 5.68. The van der Waals surface area contributed by atoms with Gasteiger partial charge in [0.2, 0.25) is 5.91 Å². The van der Waals surface area contributed by atoms with Crippen LogP contribution in [0.2, 0.25) is 0 Å². The van der Waals surface area contributed by atoms with Gasteiger partial charge in [0, 0.05) is 23.8 Å². The van der Waals surface area contributed by atoms with Crippen LogP contribution in [0, 0.1) is 17.8 Å². The minimum Gasteiger partial charge on any atom is -0.339 e. The van der Waals surface area contributed by atoms with Crippen molar-refractivity contribution in [3.8, 4) is 0 Å². The Morgan fingerprint density at radius 3 is 2.59 bits per heavy atom. The quantitative estimate of drug-likeness (QED) is 0.717. The molecule has 96 valence electrons. The number of alkyl halides is 1. The summed E-state index contributed by atoms with van der Waals surface area (Å²) in [6.45, 7) is 1.00. The zero-order valence-electron chi connectivity index (χ0n) is 10.4. The van der Waals surface area contributed by atoms with Gasteiger partial charge in [-0.2, -0.15) is 0 Å². The van der Waals surface area contributed by atoms with Crippen molar-refractivity contribution in [2.45, 2.75) is 51.0 Å². The van der Waals surface area contributed by atoms with E-state index in [1.165, 1.54) is 44.9 Å². The molecule has 3 atom stereocenters. The van der Waals surface area contributed by atoms with Gasteiger partial charge >= 0.3 is 0 Å². The number of rotatable bonds is 2. The maximum Gasteiger partial charge on any atom is 0.225 e. The van der Waals surface area contributed by atoms with E-state index in [2.05, 4.69) is 20.8 Å². The number of amides is 1. The number of carbonyl (C=O) groups is 1. The summed E-state index contributed by atoms with van der Waals surface area (Å²) in [5.74, 6) is 2.68.